The van der Waals surface area contributed by atoms with E-state index in [-0.39, 0.29) is 12.5 Å². The molecular weight excluding hydrogens is 250 g/mol. The first-order chi connectivity index (χ1) is 8.95. The van der Waals surface area contributed by atoms with Crippen LogP contribution >= 0.6 is 0 Å². The molecule has 0 aromatic heterocycles. The Labute approximate surface area is 111 Å². The molecule has 1 unspecified atom stereocenters. The minimum atomic E-state index is -0.610. The van der Waals surface area contributed by atoms with Gasteiger partial charge in [-0.3, -0.25) is 9.69 Å². The third-order valence-corrected chi connectivity index (χ3v) is 2.90. The Bertz CT molecular complexity index is 463. The predicted molar refractivity (Wildman–Crippen MR) is 70.5 cm³/mol. The van der Waals surface area contributed by atoms with Crippen LogP contribution in [0.5, 0.6) is 0 Å². The Hall–Kier alpha value is -1.75. The Balaban J connectivity index is 2.65. The van der Waals surface area contributed by atoms with Gasteiger partial charge in [0.1, 0.15) is 11.6 Å². The number of carbonyl (C=O) groups excluding carboxylic acids is 1. The normalized spacial score (nSPS) is 12.3. The lowest BCUT2D eigenvalue weighted by molar-refractivity contribution is -0.125. The third-order valence-electron chi connectivity index (χ3n) is 2.90. The van der Waals surface area contributed by atoms with Gasteiger partial charge in [0.15, 0.2) is 0 Å². The van der Waals surface area contributed by atoms with Gasteiger partial charge in [-0.25, -0.2) is 8.78 Å². The summed E-state index contributed by atoms with van der Waals surface area (Å²) in [5, 5.41) is 2.67. The number of carbonyl (C=O) groups is 1. The summed E-state index contributed by atoms with van der Waals surface area (Å²) in [4.78, 5) is 13.4. The molecule has 19 heavy (non-hydrogen) atoms. The van der Waals surface area contributed by atoms with Crippen LogP contribution in [0, 0.1) is 11.6 Å². The number of benzene rings is 1. The van der Waals surface area contributed by atoms with Crippen molar-refractivity contribution >= 4 is 5.91 Å². The quantitative estimate of drug-likeness (QED) is 0.801. The van der Waals surface area contributed by atoms with Gasteiger partial charge in [-0.15, -0.1) is 6.58 Å². The smallest absolute Gasteiger partial charge is 0.237 e. The average Bonchev–Trinajstić information content (AvgIpc) is 2.38. The Morgan fingerprint density at radius 1 is 1.53 bits per heavy atom. The van der Waals surface area contributed by atoms with Gasteiger partial charge in [0, 0.05) is 24.7 Å². The third kappa shape index (κ3) is 4.44. The summed E-state index contributed by atoms with van der Waals surface area (Å²) < 4.78 is 26.3. The fraction of sp³-hybridized carbons (Fsp3) is 0.357. The lowest BCUT2D eigenvalue weighted by atomic mass is 10.1. The van der Waals surface area contributed by atoms with Gasteiger partial charge in [-0.2, -0.15) is 0 Å². The molecule has 1 rings (SSSR count). The molecule has 1 aromatic rings. The maximum atomic E-state index is 13.5. The minimum Gasteiger partial charge on any atom is -0.351 e. The molecule has 3 nitrogen and oxygen atoms in total. The van der Waals surface area contributed by atoms with Crippen LogP contribution in [-0.2, 0) is 11.3 Å². The highest BCUT2D eigenvalue weighted by atomic mass is 19.1. The minimum absolute atomic E-state index is 0.162. The van der Waals surface area contributed by atoms with Crippen LogP contribution in [0.1, 0.15) is 12.5 Å². The molecule has 1 aromatic carbocycles. The van der Waals surface area contributed by atoms with Crippen molar-refractivity contribution in [2.24, 2.45) is 0 Å². The molecule has 104 valence electrons. The van der Waals surface area contributed by atoms with Crippen molar-refractivity contribution in [1.82, 2.24) is 10.2 Å². The van der Waals surface area contributed by atoms with Gasteiger partial charge >= 0.3 is 0 Å². The van der Waals surface area contributed by atoms with Crippen molar-refractivity contribution in [3.8, 4) is 0 Å². The lowest BCUT2D eigenvalue weighted by Crippen LogP contribution is -2.43. The number of likely N-dealkylation sites (N-methyl/N-ethyl adjacent to an activating group) is 1. The molecule has 1 amide bonds. The summed E-state index contributed by atoms with van der Waals surface area (Å²) in [6.07, 6.45) is 1.59. The summed E-state index contributed by atoms with van der Waals surface area (Å²) in [5.74, 6) is -1.38. The Morgan fingerprint density at radius 3 is 2.79 bits per heavy atom. The second kappa shape index (κ2) is 6.99. The molecule has 0 aliphatic rings. The molecule has 5 heteroatoms. The number of halogens is 2. The molecule has 1 atom stereocenters. The number of hydrogen-bond donors (Lipinski definition) is 1. The monoisotopic (exact) mass is 268 g/mol. The Morgan fingerprint density at radius 2 is 2.21 bits per heavy atom. The van der Waals surface area contributed by atoms with Crippen LogP contribution in [0.2, 0.25) is 0 Å². The van der Waals surface area contributed by atoms with E-state index in [2.05, 4.69) is 11.9 Å². The first kappa shape index (κ1) is 15.3. The van der Waals surface area contributed by atoms with E-state index in [1.54, 1.807) is 24.9 Å². The van der Waals surface area contributed by atoms with Gasteiger partial charge in [-0.05, 0) is 20.0 Å². The van der Waals surface area contributed by atoms with E-state index in [1.165, 1.54) is 12.1 Å². The van der Waals surface area contributed by atoms with Gasteiger partial charge in [0.25, 0.3) is 0 Å². The largest absolute Gasteiger partial charge is 0.351 e. The summed E-state index contributed by atoms with van der Waals surface area (Å²) >= 11 is 0. The van der Waals surface area contributed by atoms with E-state index in [1.807, 2.05) is 0 Å². The zero-order chi connectivity index (χ0) is 14.4. The van der Waals surface area contributed by atoms with Crippen molar-refractivity contribution in [3.63, 3.8) is 0 Å². The molecule has 1 N–H and O–H groups in total. The molecule has 0 spiro atoms. The van der Waals surface area contributed by atoms with Crippen molar-refractivity contribution in [1.29, 1.82) is 0 Å². The van der Waals surface area contributed by atoms with E-state index in [9.17, 15) is 13.6 Å². The highest BCUT2D eigenvalue weighted by Gasteiger charge is 2.18. The molecule has 0 bridgehead atoms. The fourth-order valence-electron chi connectivity index (χ4n) is 1.58. The lowest BCUT2D eigenvalue weighted by Gasteiger charge is -2.23. The van der Waals surface area contributed by atoms with Gasteiger partial charge in [0.05, 0.1) is 6.04 Å². The zero-order valence-electron chi connectivity index (χ0n) is 11.1. The van der Waals surface area contributed by atoms with E-state index >= 15 is 0 Å². The second-order valence-corrected chi connectivity index (χ2v) is 4.36. The molecule has 0 saturated heterocycles. The fourth-order valence-corrected chi connectivity index (χ4v) is 1.58. The van der Waals surface area contributed by atoms with Gasteiger partial charge < -0.3 is 5.32 Å². The van der Waals surface area contributed by atoms with Gasteiger partial charge in [0.2, 0.25) is 5.91 Å². The molecule has 0 fully saturated rings. The SMILES string of the molecule is C=CCNC(=O)C(C)N(C)Cc1ccc(F)cc1F. The van der Waals surface area contributed by atoms with Crippen LogP contribution in [0.4, 0.5) is 8.78 Å². The van der Waals surface area contributed by atoms with Crippen LogP contribution < -0.4 is 5.32 Å². The molecule has 0 aliphatic heterocycles. The molecule has 0 aliphatic carbocycles. The molecule has 0 heterocycles. The highest BCUT2D eigenvalue weighted by Crippen LogP contribution is 2.12. The maximum Gasteiger partial charge on any atom is 0.237 e. The van der Waals surface area contributed by atoms with E-state index in [4.69, 9.17) is 0 Å². The Kier molecular flexibility index (Phi) is 5.63. The van der Waals surface area contributed by atoms with Crippen LogP contribution in [0.3, 0.4) is 0 Å². The summed E-state index contributed by atoms with van der Waals surface area (Å²) in [5.41, 5.74) is 0.354. The highest BCUT2D eigenvalue weighted by molar-refractivity contribution is 5.81. The number of nitrogens with one attached hydrogen (secondary N) is 1. The number of nitrogens with zero attached hydrogens (tertiary/aromatic N) is 1. The van der Waals surface area contributed by atoms with Crippen molar-refractivity contribution < 1.29 is 13.6 Å². The van der Waals surface area contributed by atoms with Crippen molar-refractivity contribution in [2.75, 3.05) is 13.6 Å². The summed E-state index contributed by atoms with van der Waals surface area (Å²) in [7, 11) is 1.71. The second-order valence-electron chi connectivity index (χ2n) is 4.36. The zero-order valence-corrected chi connectivity index (χ0v) is 11.1. The van der Waals surface area contributed by atoms with Crippen molar-refractivity contribution in [3.05, 3.63) is 48.1 Å². The molecule has 0 radical (unpaired) electrons. The van der Waals surface area contributed by atoms with E-state index in [0.29, 0.717) is 12.1 Å². The molecule has 0 saturated carbocycles. The summed E-state index contributed by atoms with van der Waals surface area (Å²) in [6, 6.07) is 3.01. The molecular formula is C14H18F2N2O. The number of hydrogen-bond acceptors (Lipinski definition) is 2. The van der Waals surface area contributed by atoms with E-state index < -0.39 is 17.7 Å². The van der Waals surface area contributed by atoms with Gasteiger partial charge in [-0.1, -0.05) is 12.1 Å². The van der Waals surface area contributed by atoms with Crippen LogP contribution in [0.25, 0.3) is 0 Å². The number of rotatable bonds is 6. The predicted octanol–water partition coefficient (Wildman–Crippen LogP) is 2.09. The maximum absolute atomic E-state index is 13.5. The standard InChI is InChI=1S/C14H18F2N2O/c1-4-7-17-14(19)10(2)18(3)9-11-5-6-12(15)8-13(11)16/h4-6,8,10H,1,7,9H2,2-3H3,(H,17,19). The van der Waals surface area contributed by atoms with Crippen molar-refractivity contribution in [2.45, 2.75) is 19.5 Å². The van der Waals surface area contributed by atoms with Crippen LogP contribution in [-0.4, -0.2) is 30.4 Å². The van der Waals surface area contributed by atoms with E-state index in [0.717, 1.165) is 6.07 Å². The topological polar surface area (TPSA) is 32.3 Å². The average molecular weight is 268 g/mol. The first-order valence-electron chi connectivity index (χ1n) is 5.98. The summed E-state index contributed by atoms with van der Waals surface area (Å²) in [6.45, 7) is 5.85. The number of amides is 1. The first-order valence-corrected chi connectivity index (χ1v) is 5.98. The van der Waals surface area contributed by atoms with Crippen LogP contribution in [0.15, 0.2) is 30.9 Å².